The summed E-state index contributed by atoms with van der Waals surface area (Å²) in [6.45, 7) is 0. The molecule has 0 N–H and O–H groups in total. The van der Waals surface area contributed by atoms with Crippen molar-refractivity contribution in [1.29, 1.82) is 0 Å². The van der Waals surface area contributed by atoms with E-state index in [1.807, 2.05) is 6.07 Å². The first-order valence-electron chi connectivity index (χ1n) is 32.2. The Morgan fingerprint density at radius 2 is 0.819 bits per heavy atom. The van der Waals surface area contributed by atoms with E-state index < -0.39 is 5.41 Å². The Morgan fingerprint density at radius 1 is 0.309 bits per heavy atom. The van der Waals surface area contributed by atoms with Crippen LogP contribution in [0.1, 0.15) is 22.3 Å². The molecule has 14 aromatic carbocycles. The maximum absolute atomic E-state index is 6.83. The van der Waals surface area contributed by atoms with Gasteiger partial charge in [0.05, 0.1) is 32.4 Å². The van der Waals surface area contributed by atoms with E-state index >= 15 is 0 Å². The molecular weight excluding hydrogens is 1160 g/mol. The van der Waals surface area contributed by atoms with Gasteiger partial charge in [-0.05, 0) is 179 Å². The summed E-state index contributed by atoms with van der Waals surface area (Å²) in [6, 6.07) is 118. The van der Waals surface area contributed by atoms with Crippen molar-refractivity contribution >= 4 is 75.4 Å². The van der Waals surface area contributed by atoms with Crippen LogP contribution in [0.3, 0.4) is 0 Å². The number of nitrogens with zero attached hydrogens (tertiary/aromatic N) is 3. The van der Waals surface area contributed by atoms with Gasteiger partial charge in [0.15, 0.2) is 5.82 Å². The normalized spacial score (nSPS) is 12.8. The highest BCUT2D eigenvalue weighted by Gasteiger charge is 2.51. The number of hydrogen-bond acceptors (Lipinski definition) is 4. The van der Waals surface area contributed by atoms with Crippen LogP contribution in [0.4, 0.5) is 0 Å². The van der Waals surface area contributed by atoms with Crippen LogP contribution in [-0.2, 0) is 5.41 Å². The van der Waals surface area contributed by atoms with Gasteiger partial charge in [0.2, 0.25) is 0 Å². The van der Waals surface area contributed by atoms with Crippen LogP contribution in [0.25, 0.3) is 170 Å². The van der Waals surface area contributed by atoms with E-state index in [0.29, 0.717) is 5.82 Å². The minimum Gasteiger partial charge on any atom is -0.455 e. The van der Waals surface area contributed by atoms with Gasteiger partial charge in [0.25, 0.3) is 0 Å². The molecule has 0 amide bonds. The zero-order chi connectivity index (χ0) is 61.6. The van der Waals surface area contributed by atoms with E-state index in [4.69, 9.17) is 14.4 Å². The Kier molecular flexibility index (Phi) is 11.5. The lowest BCUT2D eigenvalue weighted by molar-refractivity contribution is 0.670. The maximum atomic E-state index is 6.83. The summed E-state index contributed by atoms with van der Waals surface area (Å²) < 4.78 is 11.5. The van der Waals surface area contributed by atoms with Crippen molar-refractivity contribution in [2.24, 2.45) is 0 Å². The van der Waals surface area contributed by atoms with Crippen LogP contribution in [-0.4, -0.2) is 14.5 Å². The van der Waals surface area contributed by atoms with Crippen molar-refractivity contribution < 1.29 is 4.42 Å². The monoisotopic (exact) mass is 1210 g/mol. The molecule has 2 aliphatic rings. The molecule has 0 saturated carbocycles. The summed E-state index contributed by atoms with van der Waals surface area (Å²) in [5.41, 5.74) is 30.1. The average molecular weight is 1210 g/mol. The average Bonchev–Trinajstić information content (AvgIpc) is 1.51. The molecule has 94 heavy (non-hydrogen) atoms. The van der Waals surface area contributed by atoms with Gasteiger partial charge in [-0.3, -0.25) is 0 Å². The molecule has 20 rings (SSSR count). The van der Waals surface area contributed by atoms with Crippen LogP contribution < -0.4 is 0 Å². The van der Waals surface area contributed by atoms with Crippen molar-refractivity contribution in [3.05, 3.63) is 344 Å². The van der Waals surface area contributed by atoms with Crippen molar-refractivity contribution in [3.63, 3.8) is 0 Å². The molecule has 0 unspecified atom stereocenters. The maximum Gasteiger partial charge on any atom is 0.160 e. The zero-order valence-corrected chi connectivity index (χ0v) is 51.6. The number of benzene rings is 14. The summed E-state index contributed by atoms with van der Waals surface area (Å²) in [7, 11) is 0. The second-order valence-corrected chi connectivity index (χ2v) is 26.1. The van der Waals surface area contributed by atoms with E-state index in [-0.39, 0.29) is 0 Å². The highest BCUT2D eigenvalue weighted by Crippen LogP contribution is 2.63. The summed E-state index contributed by atoms with van der Waals surface area (Å²) >= 11 is 1.74. The van der Waals surface area contributed by atoms with Gasteiger partial charge >= 0.3 is 0 Å². The Bertz CT molecular complexity index is 6050. The second-order valence-electron chi connectivity index (χ2n) is 25.0. The molecule has 4 nitrogen and oxygen atoms in total. The third kappa shape index (κ3) is 7.80. The molecule has 436 valence electrons. The van der Waals surface area contributed by atoms with Gasteiger partial charge in [-0.1, -0.05) is 243 Å². The molecule has 0 bridgehead atoms. The lowest BCUT2D eigenvalue weighted by atomic mass is 9.70. The Hall–Kier alpha value is -12.0. The summed E-state index contributed by atoms with van der Waals surface area (Å²) in [5, 5.41) is 5.57. The smallest absolute Gasteiger partial charge is 0.160 e. The highest BCUT2D eigenvalue weighted by atomic mass is 32.1. The van der Waals surface area contributed by atoms with Crippen molar-refractivity contribution in [2.45, 2.75) is 5.41 Å². The lowest BCUT2D eigenvalue weighted by Gasteiger charge is -2.30. The van der Waals surface area contributed by atoms with Crippen LogP contribution in [0.5, 0.6) is 0 Å². The number of thiophene rings is 1. The van der Waals surface area contributed by atoms with Gasteiger partial charge in [-0.2, -0.15) is 0 Å². The molecule has 4 heterocycles. The second kappa shape index (κ2) is 20.5. The minimum absolute atomic E-state index is 0.484. The third-order valence-corrected chi connectivity index (χ3v) is 21.2. The van der Waals surface area contributed by atoms with E-state index in [0.717, 1.165) is 98.0 Å². The molecule has 0 fully saturated rings. The SMILES string of the molecule is c1ccc(-c2cc(-c3ccccc3)cc(-c3ccc4sc5c(-c6cccc7c6oc6ccccc67)nc(-c6cccc(-c7cccc8c7c7cc(-c9ccccc9)ccc7n8-c7ccc8c(c7)C7(c9ccccc9-c9ccccc97)c7ccccc7-8)c6)nc5c4c3)c2)cc1. The number of rotatable bonds is 8. The lowest BCUT2D eigenvalue weighted by Crippen LogP contribution is -2.26. The number of furan rings is 1. The summed E-state index contributed by atoms with van der Waals surface area (Å²) in [4.78, 5) is 11.4. The number of para-hydroxylation sites is 2. The summed E-state index contributed by atoms with van der Waals surface area (Å²) in [5.74, 6) is 0.643. The quantitative estimate of drug-likeness (QED) is 0.152. The van der Waals surface area contributed by atoms with Gasteiger partial charge in [-0.25, -0.2) is 9.97 Å². The van der Waals surface area contributed by atoms with Crippen LogP contribution >= 0.6 is 11.3 Å². The van der Waals surface area contributed by atoms with E-state index in [1.54, 1.807) is 11.3 Å². The third-order valence-electron chi connectivity index (χ3n) is 20.0. The molecule has 18 aromatic rings. The van der Waals surface area contributed by atoms with Crippen molar-refractivity contribution in [2.75, 3.05) is 0 Å². The fourth-order valence-electron chi connectivity index (χ4n) is 15.9. The molecule has 0 atom stereocenters. The molecular formula is C89H53N3OS. The first kappa shape index (κ1) is 52.7. The van der Waals surface area contributed by atoms with E-state index in [1.165, 1.54) is 88.7 Å². The standard InChI is InChI=1S/C89H53N3OS/c1-4-21-54(22-5-1)57-41-45-79-73(51-57)83-65(33-20-39-80(83)92(79)64-43-44-69-68-31-12-16-38-77(68)89(78(69)53-64)75-36-14-10-29-66(75)67-30-11-15-37-76(67)89)59-27-18-28-60(47-59)88-90-84(72-35-19-34-71-70-32-13-17-40-81(70)93-86(71)72)87-85(91-88)74-52-58(42-46-82(74)94-87)63-49-61(55-23-6-2-7-24-55)48-62(50-63)56-25-8-3-9-26-56/h1-53H. The zero-order valence-electron chi connectivity index (χ0n) is 50.8. The van der Waals surface area contributed by atoms with Crippen molar-refractivity contribution in [3.8, 4) is 106 Å². The van der Waals surface area contributed by atoms with E-state index in [9.17, 15) is 0 Å². The fraction of sp³-hybridized carbons (Fsp3) is 0.0112. The summed E-state index contributed by atoms with van der Waals surface area (Å²) in [6.07, 6.45) is 0. The molecule has 5 heteroatoms. The van der Waals surface area contributed by atoms with Crippen LogP contribution in [0.15, 0.2) is 326 Å². The predicted octanol–water partition coefficient (Wildman–Crippen LogP) is 23.9. The fourth-order valence-corrected chi connectivity index (χ4v) is 17.0. The van der Waals surface area contributed by atoms with E-state index in [2.05, 4.69) is 320 Å². The van der Waals surface area contributed by atoms with Gasteiger partial charge in [0, 0.05) is 48.4 Å². The molecule has 0 saturated heterocycles. The number of aromatic nitrogens is 3. The first-order valence-corrected chi connectivity index (χ1v) is 33.0. The number of fused-ring (bicyclic) bond motifs is 19. The largest absolute Gasteiger partial charge is 0.455 e. The Balaban J connectivity index is 0.793. The van der Waals surface area contributed by atoms with Gasteiger partial charge in [0.1, 0.15) is 11.2 Å². The van der Waals surface area contributed by atoms with Gasteiger partial charge in [-0.15, -0.1) is 11.3 Å². The van der Waals surface area contributed by atoms with Crippen LogP contribution in [0, 0.1) is 0 Å². The first-order chi connectivity index (χ1) is 46.6. The van der Waals surface area contributed by atoms with Gasteiger partial charge < -0.3 is 8.98 Å². The highest BCUT2D eigenvalue weighted by molar-refractivity contribution is 7.26. The van der Waals surface area contributed by atoms with Crippen LogP contribution in [0.2, 0.25) is 0 Å². The Morgan fingerprint density at radius 3 is 1.52 bits per heavy atom. The predicted molar refractivity (Wildman–Crippen MR) is 391 cm³/mol. The molecule has 0 radical (unpaired) electrons. The molecule has 2 aliphatic carbocycles. The number of hydrogen-bond donors (Lipinski definition) is 0. The Labute approximate surface area is 546 Å². The minimum atomic E-state index is -0.484. The topological polar surface area (TPSA) is 43.9 Å². The molecule has 4 aromatic heterocycles. The molecule has 1 spiro atoms. The van der Waals surface area contributed by atoms with Crippen molar-refractivity contribution in [1.82, 2.24) is 14.5 Å². The molecule has 0 aliphatic heterocycles.